The SMILES string of the molecule is CC/C=C\C/C=C\C/C=C\CCCCCCCCCC(=O)OCC(COC(=O)CCCCCCCCCCCCCC)OC(=O)CCCCCCC/C=C\C/C=C\CCC. The second kappa shape index (κ2) is 48.8. The van der Waals surface area contributed by atoms with Crippen LogP contribution in [-0.4, -0.2) is 37.2 Å². The smallest absolute Gasteiger partial charge is 0.306 e. The lowest BCUT2D eigenvalue weighted by Gasteiger charge is -2.18. The zero-order chi connectivity index (χ0) is 43.7. The molecule has 0 bridgehead atoms. The Labute approximate surface area is 370 Å². The highest BCUT2D eigenvalue weighted by Gasteiger charge is 2.19. The topological polar surface area (TPSA) is 78.9 Å². The van der Waals surface area contributed by atoms with Crippen molar-refractivity contribution in [1.82, 2.24) is 0 Å². The molecule has 0 radical (unpaired) electrons. The molecule has 0 amide bonds. The molecule has 0 aromatic heterocycles. The number of allylic oxidation sites excluding steroid dienone is 10. The van der Waals surface area contributed by atoms with Crippen LogP contribution in [0.2, 0.25) is 0 Å². The predicted octanol–water partition coefficient (Wildman–Crippen LogP) is 16.5. The Kier molecular flexibility index (Phi) is 46.4. The number of hydrogen-bond acceptors (Lipinski definition) is 6. The minimum atomic E-state index is -0.782. The van der Waals surface area contributed by atoms with Gasteiger partial charge in [-0.1, -0.05) is 210 Å². The molecule has 0 aromatic carbocycles. The summed E-state index contributed by atoms with van der Waals surface area (Å²) in [6.45, 7) is 6.44. The van der Waals surface area contributed by atoms with Crippen LogP contribution in [-0.2, 0) is 28.6 Å². The van der Waals surface area contributed by atoms with Gasteiger partial charge in [-0.3, -0.25) is 14.4 Å². The van der Waals surface area contributed by atoms with E-state index in [-0.39, 0.29) is 31.1 Å². The van der Waals surface area contributed by atoms with Crippen molar-refractivity contribution >= 4 is 17.9 Å². The quantitative estimate of drug-likeness (QED) is 0.0263. The van der Waals surface area contributed by atoms with E-state index < -0.39 is 6.10 Å². The average Bonchev–Trinajstić information content (AvgIpc) is 3.24. The fourth-order valence-electron chi connectivity index (χ4n) is 6.96. The molecular formula is C54H94O6. The summed E-state index contributed by atoms with van der Waals surface area (Å²) < 4.78 is 16.8. The molecule has 0 N–H and O–H groups in total. The van der Waals surface area contributed by atoms with Crippen molar-refractivity contribution < 1.29 is 28.6 Å². The fraction of sp³-hybridized carbons (Fsp3) is 0.759. The summed E-state index contributed by atoms with van der Waals surface area (Å²) in [4.78, 5) is 37.9. The first-order valence-corrected chi connectivity index (χ1v) is 25.3. The summed E-state index contributed by atoms with van der Waals surface area (Å²) >= 11 is 0. The maximum atomic E-state index is 12.8. The van der Waals surface area contributed by atoms with Crippen molar-refractivity contribution in [3.8, 4) is 0 Å². The lowest BCUT2D eigenvalue weighted by molar-refractivity contribution is -0.167. The molecule has 0 aliphatic heterocycles. The summed E-state index contributed by atoms with van der Waals surface area (Å²) in [5, 5.41) is 0. The highest BCUT2D eigenvalue weighted by atomic mass is 16.6. The van der Waals surface area contributed by atoms with Crippen LogP contribution in [0.3, 0.4) is 0 Å². The number of ether oxygens (including phenoxy) is 3. The number of esters is 3. The normalized spacial score (nSPS) is 12.5. The zero-order valence-electron chi connectivity index (χ0n) is 39.5. The van der Waals surface area contributed by atoms with E-state index in [1.807, 2.05) is 0 Å². The van der Waals surface area contributed by atoms with Crippen LogP contribution in [0.4, 0.5) is 0 Å². The minimum Gasteiger partial charge on any atom is -0.462 e. The molecule has 1 unspecified atom stereocenters. The molecule has 0 saturated carbocycles. The number of unbranched alkanes of at least 4 members (excludes halogenated alkanes) is 24. The van der Waals surface area contributed by atoms with Gasteiger partial charge in [-0.15, -0.1) is 0 Å². The van der Waals surface area contributed by atoms with E-state index in [1.165, 1.54) is 89.9 Å². The highest BCUT2D eigenvalue weighted by molar-refractivity contribution is 5.71. The van der Waals surface area contributed by atoms with Crippen LogP contribution in [0.1, 0.15) is 245 Å². The van der Waals surface area contributed by atoms with E-state index in [4.69, 9.17) is 14.2 Å². The first kappa shape index (κ1) is 57.1. The fourth-order valence-corrected chi connectivity index (χ4v) is 6.96. The van der Waals surface area contributed by atoms with Crippen molar-refractivity contribution in [1.29, 1.82) is 0 Å². The molecule has 6 nitrogen and oxygen atoms in total. The van der Waals surface area contributed by atoms with Gasteiger partial charge in [0.25, 0.3) is 0 Å². The molecule has 6 heteroatoms. The van der Waals surface area contributed by atoms with Gasteiger partial charge >= 0.3 is 17.9 Å². The lowest BCUT2D eigenvalue weighted by atomic mass is 10.0. The van der Waals surface area contributed by atoms with Gasteiger partial charge in [-0.2, -0.15) is 0 Å². The third-order valence-corrected chi connectivity index (χ3v) is 10.7. The Morgan fingerprint density at radius 3 is 1.08 bits per heavy atom. The van der Waals surface area contributed by atoms with E-state index >= 15 is 0 Å². The van der Waals surface area contributed by atoms with Gasteiger partial charge in [0.15, 0.2) is 6.10 Å². The standard InChI is InChI=1S/C54H94O6/c1-4-7-10-13-16-19-22-25-26-27-28-30-32-35-38-41-44-47-53(56)59-50-51(49-58-52(55)46-43-40-37-34-31-24-21-18-15-12-9-6-3)60-54(57)48-45-42-39-36-33-29-23-20-17-14-11-8-5-2/h7,10-11,14,16,19-20,23,25-26,51H,4-6,8-9,12-13,15,17-18,21-22,24,27-50H2,1-3H3/b10-7-,14-11-,19-16-,23-20-,26-25-. The monoisotopic (exact) mass is 839 g/mol. The lowest BCUT2D eigenvalue weighted by Crippen LogP contribution is -2.30. The van der Waals surface area contributed by atoms with Gasteiger partial charge in [-0.25, -0.2) is 0 Å². The number of carbonyl (C=O) groups excluding carboxylic acids is 3. The second-order valence-electron chi connectivity index (χ2n) is 16.7. The van der Waals surface area contributed by atoms with E-state index in [9.17, 15) is 14.4 Å². The zero-order valence-corrected chi connectivity index (χ0v) is 39.5. The van der Waals surface area contributed by atoms with Gasteiger partial charge in [-0.05, 0) is 77.0 Å². The molecule has 346 valence electrons. The third-order valence-electron chi connectivity index (χ3n) is 10.7. The Balaban J connectivity index is 4.38. The largest absolute Gasteiger partial charge is 0.462 e. The van der Waals surface area contributed by atoms with Gasteiger partial charge in [0.05, 0.1) is 0 Å². The Hall–Kier alpha value is -2.89. The molecule has 0 fully saturated rings. The molecule has 0 aromatic rings. The van der Waals surface area contributed by atoms with Crippen LogP contribution in [0.5, 0.6) is 0 Å². The third kappa shape index (κ3) is 46.2. The molecule has 0 spiro atoms. The summed E-state index contributed by atoms with van der Waals surface area (Å²) in [5.74, 6) is -0.903. The molecule has 60 heavy (non-hydrogen) atoms. The average molecular weight is 839 g/mol. The van der Waals surface area contributed by atoms with E-state index in [0.29, 0.717) is 19.3 Å². The Bertz CT molecular complexity index is 1100. The summed E-state index contributed by atoms with van der Waals surface area (Å²) in [6, 6.07) is 0. The van der Waals surface area contributed by atoms with E-state index in [0.717, 1.165) is 116 Å². The van der Waals surface area contributed by atoms with Crippen LogP contribution in [0.25, 0.3) is 0 Å². The molecule has 0 aliphatic rings. The number of carbonyl (C=O) groups is 3. The Morgan fingerprint density at radius 2 is 0.683 bits per heavy atom. The van der Waals surface area contributed by atoms with Crippen molar-refractivity contribution in [2.24, 2.45) is 0 Å². The van der Waals surface area contributed by atoms with Gasteiger partial charge in [0, 0.05) is 19.3 Å². The van der Waals surface area contributed by atoms with Crippen molar-refractivity contribution in [3.05, 3.63) is 60.8 Å². The minimum absolute atomic E-state index is 0.0815. The van der Waals surface area contributed by atoms with E-state index in [1.54, 1.807) is 0 Å². The molecule has 0 rings (SSSR count). The van der Waals surface area contributed by atoms with Crippen molar-refractivity contribution in [3.63, 3.8) is 0 Å². The molecule has 0 aliphatic carbocycles. The van der Waals surface area contributed by atoms with Crippen LogP contribution >= 0.6 is 0 Å². The first-order chi connectivity index (χ1) is 29.5. The van der Waals surface area contributed by atoms with Crippen LogP contribution < -0.4 is 0 Å². The van der Waals surface area contributed by atoms with Crippen molar-refractivity contribution in [2.75, 3.05) is 13.2 Å². The maximum absolute atomic E-state index is 12.8. The summed E-state index contributed by atoms with van der Waals surface area (Å²) in [5.41, 5.74) is 0. The Morgan fingerprint density at radius 1 is 0.350 bits per heavy atom. The molecular weight excluding hydrogens is 745 g/mol. The summed E-state index contributed by atoms with van der Waals surface area (Å²) in [7, 11) is 0. The van der Waals surface area contributed by atoms with Crippen LogP contribution in [0, 0.1) is 0 Å². The van der Waals surface area contributed by atoms with Crippen molar-refractivity contribution in [2.45, 2.75) is 252 Å². The molecule has 1 atom stereocenters. The van der Waals surface area contributed by atoms with Gasteiger partial charge < -0.3 is 14.2 Å². The molecule has 0 saturated heterocycles. The van der Waals surface area contributed by atoms with Gasteiger partial charge in [0.2, 0.25) is 0 Å². The number of hydrogen-bond donors (Lipinski definition) is 0. The highest BCUT2D eigenvalue weighted by Crippen LogP contribution is 2.15. The second-order valence-corrected chi connectivity index (χ2v) is 16.7. The van der Waals surface area contributed by atoms with E-state index in [2.05, 4.69) is 81.5 Å². The predicted molar refractivity (Wildman–Crippen MR) is 256 cm³/mol. The summed E-state index contributed by atoms with van der Waals surface area (Å²) in [6.07, 6.45) is 59.1. The number of rotatable bonds is 45. The first-order valence-electron chi connectivity index (χ1n) is 25.3. The van der Waals surface area contributed by atoms with Crippen LogP contribution in [0.15, 0.2) is 60.8 Å². The van der Waals surface area contributed by atoms with Gasteiger partial charge in [0.1, 0.15) is 13.2 Å². The maximum Gasteiger partial charge on any atom is 0.306 e. The molecule has 0 heterocycles.